The van der Waals surface area contributed by atoms with E-state index in [-0.39, 0.29) is 24.1 Å². The Bertz CT molecular complexity index is 886. The average Bonchev–Trinajstić information content (AvgIpc) is 2.77. The molecule has 0 fully saturated rings. The summed E-state index contributed by atoms with van der Waals surface area (Å²) in [5, 5.41) is 3.84. The van der Waals surface area contributed by atoms with Gasteiger partial charge in [-0.25, -0.2) is 0 Å². The van der Waals surface area contributed by atoms with Gasteiger partial charge in [-0.1, -0.05) is 55.2 Å². The molecule has 2 rings (SSSR count). The van der Waals surface area contributed by atoms with Crippen LogP contribution < -0.4 is 10.1 Å². The van der Waals surface area contributed by atoms with Crippen LogP contribution in [-0.4, -0.2) is 42.2 Å². The Kier molecular flexibility index (Phi) is 10.7. The molecule has 0 saturated carbocycles. The maximum Gasteiger partial charge on any atom is 0.242 e. The SMILES string of the molecule is COc1ccc(CSCC(=O)N(Cc2c(Cl)cccc2Cl)C(C)C(=O)NCC(C)C)cc1. The maximum absolute atomic E-state index is 13.2. The van der Waals surface area contributed by atoms with Gasteiger partial charge in [0.1, 0.15) is 11.8 Å². The summed E-state index contributed by atoms with van der Waals surface area (Å²) in [6.07, 6.45) is 0. The number of hydrogen-bond acceptors (Lipinski definition) is 4. The smallest absolute Gasteiger partial charge is 0.242 e. The molecule has 0 bridgehead atoms. The molecule has 0 aromatic heterocycles. The van der Waals surface area contributed by atoms with Crippen molar-refractivity contribution in [1.29, 1.82) is 0 Å². The van der Waals surface area contributed by atoms with Crippen molar-refractivity contribution < 1.29 is 14.3 Å². The normalized spacial score (nSPS) is 11.8. The summed E-state index contributed by atoms with van der Waals surface area (Å²) in [6.45, 7) is 6.48. The van der Waals surface area contributed by atoms with Gasteiger partial charge in [-0.15, -0.1) is 11.8 Å². The van der Waals surface area contributed by atoms with Crippen molar-refractivity contribution in [2.45, 2.75) is 39.1 Å². The van der Waals surface area contributed by atoms with Crippen molar-refractivity contribution in [2.24, 2.45) is 5.92 Å². The highest BCUT2D eigenvalue weighted by Gasteiger charge is 2.27. The van der Waals surface area contributed by atoms with E-state index in [1.165, 1.54) is 11.8 Å². The Labute approximate surface area is 204 Å². The second-order valence-corrected chi connectivity index (χ2v) is 9.68. The minimum Gasteiger partial charge on any atom is -0.497 e. The van der Waals surface area contributed by atoms with E-state index in [1.807, 2.05) is 38.1 Å². The molecule has 0 radical (unpaired) electrons. The topological polar surface area (TPSA) is 58.6 Å². The van der Waals surface area contributed by atoms with E-state index in [1.54, 1.807) is 37.1 Å². The fraction of sp³-hybridized carbons (Fsp3) is 0.417. The van der Waals surface area contributed by atoms with Gasteiger partial charge in [0.05, 0.1) is 12.9 Å². The number of hydrogen-bond donors (Lipinski definition) is 1. The summed E-state index contributed by atoms with van der Waals surface area (Å²) >= 11 is 14.2. The molecule has 0 aliphatic rings. The molecule has 0 spiro atoms. The number of rotatable bonds is 11. The molecule has 5 nitrogen and oxygen atoms in total. The van der Waals surface area contributed by atoms with Crippen molar-refractivity contribution in [2.75, 3.05) is 19.4 Å². The molecule has 0 aliphatic carbocycles. The van der Waals surface area contributed by atoms with E-state index in [0.29, 0.717) is 33.8 Å². The van der Waals surface area contributed by atoms with Gasteiger partial charge in [-0.3, -0.25) is 9.59 Å². The maximum atomic E-state index is 13.2. The zero-order valence-corrected chi connectivity index (χ0v) is 21.2. The Morgan fingerprint density at radius 1 is 1.06 bits per heavy atom. The van der Waals surface area contributed by atoms with E-state index >= 15 is 0 Å². The van der Waals surface area contributed by atoms with Gasteiger partial charge in [0.15, 0.2) is 0 Å². The van der Waals surface area contributed by atoms with Crippen LogP contribution in [0.2, 0.25) is 10.0 Å². The summed E-state index contributed by atoms with van der Waals surface area (Å²) < 4.78 is 5.18. The largest absolute Gasteiger partial charge is 0.497 e. The monoisotopic (exact) mass is 496 g/mol. The molecule has 8 heteroatoms. The predicted molar refractivity (Wildman–Crippen MR) is 133 cm³/mol. The molecule has 1 unspecified atom stereocenters. The number of benzene rings is 2. The van der Waals surface area contributed by atoms with Gasteiger partial charge < -0.3 is 15.0 Å². The summed E-state index contributed by atoms with van der Waals surface area (Å²) in [6, 6.07) is 12.3. The quantitative estimate of drug-likeness (QED) is 0.450. The van der Waals surface area contributed by atoms with Crippen LogP contribution in [0.25, 0.3) is 0 Å². The first-order valence-corrected chi connectivity index (χ1v) is 12.3. The van der Waals surface area contributed by atoms with Gasteiger partial charge in [-0.05, 0) is 42.7 Å². The van der Waals surface area contributed by atoms with Crippen molar-refractivity contribution in [1.82, 2.24) is 10.2 Å². The molecule has 32 heavy (non-hydrogen) atoms. The van der Waals surface area contributed by atoms with Crippen LogP contribution >= 0.6 is 35.0 Å². The third-order valence-electron chi connectivity index (χ3n) is 4.90. The zero-order valence-electron chi connectivity index (χ0n) is 18.9. The van der Waals surface area contributed by atoms with Crippen LogP contribution in [0.5, 0.6) is 5.75 Å². The number of amides is 2. The Hall–Kier alpha value is -1.89. The van der Waals surface area contributed by atoms with Crippen molar-refractivity contribution >= 4 is 46.8 Å². The average molecular weight is 497 g/mol. The first kappa shape index (κ1) is 26.4. The number of methoxy groups -OCH3 is 1. The van der Waals surface area contributed by atoms with Gasteiger partial charge in [-0.2, -0.15) is 0 Å². The molecule has 2 amide bonds. The summed E-state index contributed by atoms with van der Waals surface area (Å²) in [7, 11) is 1.63. The lowest BCUT2D eigenvalue weighted by Gasteiger charge is -2.29. The fourth-order valence-electron chi connectivity index (χ4n) is 2.95. The van der Waals surface area contributed by atoms with Gasteiger partial charge >= 0.3 is 0 Å². The van der Waals surface area contributed by atoms with Gasteiger partial charge in [0.25, 0.3) is 0 Å². The van der Waals surface area contributed by atoms with E-state index in [9.17, 15) is 9.59 Å². The van der Waals surface area contributed by atoms with Crippen LogP contribution in [0.15, 0.2) is 42.5 Å². The Morgan fingerprint density at radius 3 is 2.25 bits per heavy atom. The second kappa shape index (κ2) is 13.0. The molecule has 0 aliphatic heterocycles. The molecule has 2 aromatic rings. The first-order chi connectivity index (χ1) is 15.2. The second-order valence-electron chi connectivity index (χ2n) is 7.88. The van der Waals surface area contributed by atoms with Crippen LogP contribution in [0.4, 0.5) is 0 Å². The van der Waals surface area contributed by atoms with E-state index in [0.717, 1.165) is 11.3 Å². The van der Waals surface area contributed by atoms with Gasteiger partial charge in [0, 0.05) is 34.5 Å². The molecular weight excluding hydrogens is 467 g/mol. The highest BCUT2D eigenvalue weighted by atomic mass is 35.5. The van der Waals surface area contributed by atoms with Crippen LogP contribution in [0.1, 0.15) is 31.9 Å². The van der Waals surface area contributed by atoms with Crippen LogP contribution in [0, 0.1) is 5.92 Å². The Balaban J connectivity index is 2.10. The number of ether oxygens (including phenoxy) is 1. The van der Waals surface area contributed by atoms with Gasteiger partial charge in [0.2, 0.25) is 11.8 Å². The Morgan fingerprint density at radius 2 is 1.69 bits per heavy atom. The standard InChI is InChI=1S/C24H30Cl2N2O3S/c1-16(2)12-27-24(30)17(3)28(13-20-21(25)6-5-7-22(20)26)23(29)15-32-14-18-8-10-19(31-4)11-9-18/h5-11,16-17H,12-15H2,1-4H3,(H,27,30). The number of halogens is 2. The lowest BCUT2D eigenvalue weighted by molar-refractivity contribution is -0.138. The molecule has 2 aromatic carbocycles. The summed E-state index contributed by atoms with van der Waals surface area (Å²) in [4.78, 5) is 27.4. The predicted octanol–water partition coefficient (Wildman–Crippen LogP) is 5.42. The molecule has 0 heterocycles. The number of nitrogens with zero attached hydrogens (tertiary/aromatic N) is 1. The lowest BCUT2D eigenvalue weighted by atomic mass is 10.1. The minimum absolute atomic E-state index is 0.147. The number of thioether (sulfide) groups is 1. The van der Waals surface area contributed by atoms with E-state index in [2.05, 4.69) is 5.32 Å². The molecule has 1 N–H and O–H groups in total. The van der Waals surface area contributed by atoms with Crippen LogP contribution in [-0.2, 0) is 21.9 Å². The van der Waals surface area contributed by atoms with Crippen molar-refractivity contribution in [3.05, 3.63) is 63.6 Å². The highest BCUT2D eigenvalue weighted by molar-refractivity contribution is 7.99. The van der Waals surface area contributed by atoms with Crippen molar-refractivity contribution in [3.8, 4) is 5.75 Å². The van der Waals surface area contributed by atoms with E-state index < -0.39 is 6.04 Å². The number of carbonyl (C=O) groups excluding carboxylic acids is 2. The van der Waals surface area contributed by atoms with Crippen molar-refractivity contribution in [3.63, 3.8) is 0 Å². The molecule has 174 valence electrons. The highest BCUT2D eigenvalue weighted by Crippen LogP contribution is 2.27. The fourth-order valence-corrected chi connectivity index (χ4v) is 4.34. The minimum atomic E-state index is -0.657. The molecule has 0 saturated heterocycles. The van der Waals surface area contributed by atoms with E-state index in [4.69, 9.17) is 27.9 Å². The van der Waals surface area contributed by atoms with Crippen LogP contribution in [0.3, 0.4) is 0 Å². The molecular formula is C24H30Cl2N2O3S. The lowest BCUT2D eigenvalue weighted by Crippen LogP contribution is -2.48. The first-order valence-electron chi connectivity index (χ1n) is 10.4. The third-order valence-corrected chi connectivity index (χ3v) is 6.59. The number of nitrogens with one attached hydrogen (secondary N) is 1. The third kappa shape index (κ3) is 7.91. The molecule has 1 atom stereocenters. The number of carbonyl (C=O) groups is 2. The summed E-state index contributed by atoms with van der Waals surface area (Å²) in [5.74, 6) is 1.66. The summed E-state index contributed by atoms with van der Waals surface area (Å²) in [5.41, 5.74) is 1.72. The zero-order chi connectivity index (χ0) is 23.7.